The van der Waals surface area contributed by atoms with Crippen molar-refractivity contribution < 1.29 is 14.3 Å². The van der Waals surface area contributed by atoms with Crippen molar-refractivity contribution in [3.63, 3.8) is 0 Å². The Bertz CT molecular complexity index is 711. The van der Waals surface area contributed by atoms with Crippen molar-refractivity contribution in [2.24, 2.45) is 0 Å². The normalized spacial score (nSPS) is 14.5. The van der Waals surface area contributed by atoms with E-state index in [9.17, 15) is 9.59 Å². The van der Waals surface area contributed by atoms with Crippen LogP contribution in [0.25, 0.3) is 10.9 Å². The number of carbonyl (C=O) groups is 2. The molecule has 1 aliphatic heterocycles. The van der Waals surface area contributed by atoms with E-state index >= 15 is 0 Å². The summed E-state index contributed by atoms with van der Waals surface area (Å²) in [6, 6.07) is 11.6. The summed E-state index contributed by atoms with van der Waals surface area (Å²) in [5.41, 5.74) is 0.887. The van der Waals surface area contributed by atoms with Crippen LogP contribution in [0.2, 0.25) is 0 Å². The first-order valence-corrected chi connectivity index (χ1v) is 7.16. The number of fused-ring (bicyclic) bond motifs is 1. The quantitative estimate of drug-likeness (QED) is 0.913. The molecule has 6 nitrogen and oxygen atoms in total. The summed E-state index contributed by atoms with van der Waals surface area (Å²) in [4.78, 5) is 28.6. The summed E-state index contributed by atoms with van der Waals surface area (Å²) in [7, 11) is 0. The molecular weight excluding hydrogens is 282 g/mol. The van der Waals surface area contributed by atoms with Crippen LogP contribution in [0, 0.1) is 0 Å². The number of hydrogen-bond acceptors (Lipinski definition) is 4. The van der Waals surface area contributed by atoms with E-state index in [1.165, 1.54) is 6.92 Å². The van der Waals surface area contributed by atoms with Crippen molar-refractivity contribution >= 4 is 22.7 Å². The van der Waals surface area contributed by atoms with Gasteiger partial charge in [0, 0.05) is 18.4 Å². The maximum atomic E-state index is 11.7. The van der Waals surface area contributed by atoms with Crippen LogP contribution >= 0.6 is 0 Å². The molecule has 6 heteroatoms. The van der Waals surface area contributed by atoms with E-state index in [-0.39, 0.29) is 24.5 Å². The van der Waals surface area contributed by atoms with Crippen LogP contribution in [0.1, 0.15) is 6.92 Å². The molecule has 0 bridgehead atoms. The number of benzene rings is 1. The summed E-state index contributed by atoms with van der Waals surface area (Å²) in [5.74, 6) is 0.265. The lowest BCUT2D eigenvalue weighted by Gasteiger charge is -2.38. The second kappa shape index (κ2) is 6.01. The SMILES string of the molecule is CC(=O)NCC(=O)N1CC(Oc2ccc3ccccc3n2)C1. The lowest BCUT2D eigenvalue weighted by atomic mass is 10.1. The first-order chi connectivity index (χ1) is 10.6. The Labute approximate surface area is 128 Å². The molecule has 1 N–H and O–H groups in total. The van der Waals surface area contributed by atoms with E-state index in [1.54, 1.807) is 4.90 Å². The van der Waals surface area contributed by atoms with E-state index in [4.69, 9.17) is 4.74 Å². The number of rotatable bonds is 4. The molecule has 1 aromatic carbocycles. The number of amides is 2. The number of nitrogens with one attached hydrogen (secondary N) is 1. The van der Waals surface area contributed by atoms with Gasteiger partial charge in [0.25, 0.3) is 0 Å². The number of nitrogens with zero attached hydrogens (tertiary/aromatic N) is 2. The van der Waals surface area contributed by atoms with Crippen LogP contribution in [0.4, 0.5) is 0 Å². The summed E-state index contributed by atoms with van der Waals surface area (Å²) in [6.07, 6.45) is -0.0464. The molecule has 2 aromatic rings. The van der Waals surface area contributed by atoms with Crippen molar-refractivity contribution in [2.45, 2.75) is 13.0 Å². The molecule has 0 aliphatic carbocycles. The minimum atomic E-state index is -0.206. The molecule has 0 spiro atoms. The molecule has 1 fully saturated rings. The lowest BCUT2D eigenvalue weighted by molar-refractivity contribution is -0.140. The molecule has 0 saturated carbocycles. The topological polar surface area (TPSA) is 71.5 Å². The first-order valence-electron chi connectivity index (χ1n) is 7.16. The van der Waals surface area contributed by atoms with E-state index < -0.39 is 0 Å². The first kappa shape index (κ1) is 14.3. The van der Waals surface area contributed by atoms with Crippen molar-refractivity contribution in [1.29, 1.82) is 0 Å². The fourth-order valence-corrected chi connectivity index (χ4v) is 2.31. The predicted octanol–water partition coefficient (Wildman–Crippen LogP) is 0.960. The maximum absolute atomic E-state index is 11.7. The Balaban J connectivity index is 1.52. The Morgan fingerprint density at radius 3 is 2.82 bits per heavy atom. The maximum Gasteiger partial charge on any atom is 0.242 e. The predicted molar refractivity (Wildman–Crippen MR) is 81.4 cm³/mol. The molecule has 0 radical (unpaired) electrons. The Morgan fingerprint density at radius 1 is 1.27 bits per heavy atom. The smallest absolute Gasteiger partial charge is 0.242 e. The molecule has 1 aromatic heterocycles. The fraction of sp³-hybridized carbons (Fsp3) is 0.312. The van der Waals surface area contributed by atoms with E-state index in [0.29, 0.717) is 19.0 Å². The average Bonchev–Trinajstić information content (AvgIpc) is 2.48. The van der Waals surface area contributed by atoms with Gasteiger partial charge in [-0.15, -0.1) is 0 Å². The molecule has 1 saturated heterocycles. The molecule has 0 unspecified atom stereocenters. The van der Waals surface area contributed by atoms with Gasteiger partial charge in [-0.1, -0.05) is 18.2 Å². The number of carbonyl (C=O) groups excluding carboxylic acids is 2. The fourth-order valence-electron chi connectivity index (χ4n) is 2.31. The van der Waals surface area contributed by atoms with Gasteiger partial charge in [0.15, 0.2) is 0 Å². The van der Waals surface area contributed by atoms with Gasteiger partial charge >= 0.3 is 0 Å². The zero-order valence-electron chi connectivity index (χ0n) is 12.3. The highest BCUT2D eigenvalue weighted by Crippen LogP contribution is 2.20. The highest BCUT2D eigenvalue weighted by Gasteiger charge is 2.32. The number of ether oxygens (including phenoxy) is 1. The largest absolute Gasteiger partial charge is 0.471 e. The van der Waals surface area contributed by atoms with Crippen molar-refractivity contribution in [1.82, 2.24) is 15.2 Å². The second-order valence-electron chi connectivity index (χ2n) is 5.29. The number of hydrogen-bond donors (Lipinski definition) is 1. The standard InChI is InChI=1S/C16H17N3O3/c1-11(20)17-8-16(21)19-9-13(10-19)22-15-7-6-12-4-2-3-5-14(12)18-15/h2-7,13H,8-10H2,1H3,(H,17,20). The van der Waals surface area contributed by atoms with Crippen LogP contribution in [0.15, 0.2) is 36.4 Å². The monoisotopic (exact) mass is 299 g/mol. The minimum absolute atomic E-state index is 0.0380. The number of aromatic nitrogens is 1. The summed E-state index contributed by atoms with van der Waals surface area (Å²) >= 11 is 0. The van der Waals surface area contributed by atoms with E-state index in [1.807, 2.05) is 36.4 Å². The van der Waals surface area contributed by atoms with Gasteiger partial charge < -0.3 is 15.0 Å². The van der Waals surface area contributed by atoms with Gasteiger partial charge in [-0.25, -0.2) is 4.98 Å². The molecule has 2 amide bonds. The highest BCUT2D eigenvalue weighted by molar-refractivity contribution is 5.84. The zero-order chi connectivity index (χ0) is 15.5. The average molecular weight is 299 g/mol. The van der Waals surface area contributed by atoms with Crippen molar-refractivity contribution in [3.8, 4) is 5.88 Å². The Kier molecular flexibility index (Phi) is 3.91. The van der Waals surface area contributed by atoms with Crippen LogP contribution in [0.5, 0.6) is 5.88 Å². The molecular formula is C16H17N3O3. The summed E-state index contributed by atoms with van der Waals surface area (Å²) in [6.45, 7) is 2.47. The molecule has 3 rings (SSSR count). The third-order valence-electron chi connectivity index (χ3n) is 3.55. The Morgan fingerprint density at radius 2 is 2.05 bits per heavy atom. The van der Waals surface area contributed by atoms with E-state index in [2.05, 4.69) is 10.3 Å². The summed E-state index contributed by atoms with van der Waals surface area (Å²) < 4.78 is 5.77. The molecule has 22 heavy (non-hydrogen) atoms. The third-order valence-corrected chi connectivity index (χ3v) is 3.55. The lowest BCUT2D eigenvalue weighted by Crippen LogP contribution is -2.58. The third kappa shape index (κ3) is 3.16. The van der Waals surface area contributed by atoms with Crippen LogP contribution in [0.3, 0.4) is 0 Å². The van der Waals surface area contributed by atoms with Gasteiger partial charge in [0.05, 0.1) is 25.2 Å². The Hall–Kier alpha value is -2.63. The molecule has 2 heterocycles. The van der Waals surface area contributed by atoms with E-state index in [0.717, 1.165) is 10.9 Å². The van der Waals surface area contributed by atoms with Crippen molar-refractivity contribution in [3.05, 3.63) is 36.4 Å². The van der Waals surface area contributed by atoms with Gasteiger partial charge in [0.1, 0.15) is 6.10 Å². The van der Waals surface area contributed by atoms with Crippen LogP contribution < -0.4 is 10.1 Å². The van der Waals surface area contributed by atoms with Crippen molar-refractivity contribution in [2.75, 3.05) is 19.6 Å². The zero-order valence-corrected chi connectivity index (χ0v) is 12.3. The number of likely N-dealkylation sites (tertiary alicyclic amines) is 1. The molecule has 114 valence electrons. The van der Waals surface area contributed by atoms with Crippen LogP contribution in [-0.2, 0) is 9.59 Å². The molecule has 1 aliphatic rings. The van der Waals surface area contributed by atoms with Gasteiger partial charge in [0.2, 0.25) is 17.7 Å². The second-order valence-corrected chi connectivity index (χ2v) is 5.29. The highest BCUT2D eigenvalue weighted by atomic mass is 16.5. The molecule has 0 atom stereocenters. The van der Waals surface area contributed by atoms with Crippen LogP contribution in [-0.4, -0.2) is 47.4 Å². The van der Waals surface area contributed by atoms with Gasteiger partial charge in [-0.05, 0) is 12.1 Å². The van der Waals surface area contributed by atoms with Gasteiger partial charge in [-0.2, -0.15) is 0 Å². The number of para-hydroxylation sites is 1. The minimum Gasteiger partial charge on any atom is -0.471 e. The number of pyridine rings is 1. The van der Waals surface area contributed by atoms with Gasteiger partial charge in [-0.3, -0.25) is 9.59 Å². The summed E-state index contributed by atoms with van der Waals surface area (Å²) in [5, 5.41) is 3.56.